The van der Waals surface area contributed by atoms with Crippen molar-refractivity contribution in [1.29, 1.82) is 0 Å². The first-order valence-corrected chi connectivity index (χ1v) is 10.4. The molecule has 2 N–H and O–H groups in total. The molecule has 2 aromatic heterocycles. The molecule has 6 nitrogen and oxygen atoms in total. The molecule has 0 saturated carbocycles. The molecule has 1 aliphatic heterocycles. The van der Waals surface area contributed by atoms with Crippen LogP contribution in [0, 0.1) is 0 Å². The Hall–Kier alpha value is -2.35. The van der Waals surface area contributed by atoms with Crippen molar-refractivity contribution in [3.63, 3.8) is 0 Å². The normalized spacial score (nSPS) is 13.5. The monoisotopic (exact) mass is 447 g/mol. The van der Waals surface area contributed by atoms with E-state index in [9.17, 15) is 0 Å². The maximum absolute atomic E-state index is 6.15. The minimum absolute atomic E-state index is 0.373. The summed E-state index contributed by atoms with van der Waals surface area (Å²) in [7, 11) is 0. The molecule has 0 aliphatic carbocycles. The Labute approximate surface area is 184 Å². The van der Waals surface area contributed by atoms with Crippen LogP contribution in [0.25, 0.3) is 11.3 Å². The Bertz CT molecular complexity index is 1000. The Kier molecular flexibility index (Phi) is 6.18. The second-order valence-electron chi connectivity index (χ2n) is 6.65. The first-order chi connectivity index (χ1) is 14.1. The molecule has 0 atom stereocenters. The lowest BCUT2D eigenvalue weighted by Crippen LogP contribution is -2.29. The van der Waals surface area contributed by atoms with Gasteiger partial charge in [-0.2, -0.15) is 4.98 Å². The summed E-state index contributed by atoms with van der Waals surface area (Å²) in [5, 5.41) is 7.55. The van der Waals surface area contributed by atoms with Gasteiger partial charge in [0, 0.05) is 29.7 Å². The third kappa shape index (κ3) is 5.18. The maximum Gasteiger partial charge on any atom is 0.232 e. The second-order valence-corrected chi connectivity index (χ2v) is 7.88. The molecular weight excluding hydrogens is 429 g/mol. The van der Waals surface area contributed by atoms with Gasteiger partial charge in [-0.3, -0.25) is 0 Å². The average Bonchev–Trinajstić information content (AvgIpc) is 3.39. The van der Waals surface area contributed by atoms with E-state index in [0.717, 1.165) is 48.8 Å². The lowest BCUT2D eigenvalue weighted by molar-refractivity contribution is 0.516. The van der Waals surface area contributed by atoms with Gasteiger partial charge in [0.25, 0.3) is 0 Å². The summed E-state index contributed by atoms with van der Waals surface area (Å²) in [5.41, 5.74) is 0.961. The molecule has 3 heterocycles. The van der Waals surface area contributed by atoms with E-state index in [0.29, 0.717) is 27.8 Å². The molecular formula is C20H19Cl2N5OS. The van der Waals surface area contributed by atoms with Gasteiger partial charge in [0.15, 0.2) is 5.11 Å². The van der Waals surface area contributed by atoms with Crippen molar-refractivity contribution in [2.24, 2.45) is 0 Å². The van der Waals surface area contributed by atoms with Crippen molar-refractivity contribution < 1.29 is 4.42 Å². The minimum Gasteiger partial charge on any atom is -0.459 e. The minimum atomic E-state index is 0.373. The average molecular weight is 448 g/mol. The van der Waals surface area contributed by atoms with E-state index in [1.165, 1.54) is 0 Å². The predicted octanol–water partition coefficient (Wildman–Crippen LogP) is 5.13. The molecule has 1 saturated heterocycles. The predicted molar refractivity (Wildman–Crippen MR) is 121 cm³/mol. The first kappa shape index (κ1) is 19.9. The van der Waals surface area contributed by atoms with E-state index in [1.54, 1.807) is 6.07 Å². The number of hydrogen-bond donors (Lipinski definition) is 2. The summed E-state index contributed by atoms with van der Waals surface area (Å²) >= 11 is 17.4. The summed E-state index contributed by atoms with van der Waals surface area (Å²) in [4.78, 5) is 10.9. The van der Waals surface area contributed by atoms with Crippen molar-refractivity contribution >= 4 is 52.3 Å². The van der Waals surface area contributed by atoms with Gasteiger partial charge in [-0.05, 0) is 61.5 Å². The highest BCUT2D eigenvalue weighted by Gasteiger charge is 2.16. The van der Waals surface area contributed by atoms with Crippen LogP contribution in [0.15, 0.2) is 46.9 Å². The molecule has 0 radical (unpaired) electrons. The SMILES string of the molecule is S=C(NCc1ccc(-c2ccc(Cl)cc2)o1)Nc1nc(Cl)cc(N2CCCC2)n1. The van der Waals surface area contributed by atoms with Crippen LogP contribution in [0.2, 0.25) is 10.2 Å². The quantitative estimate of drug-likeness (QED) is 0.414. The number of nitrogens with one attached hydrogen (secondary N) is 2. The first-order valence-electron chi connectivity index (χ1n) is 9.26. The molecule has 1 aliphatic rings. The summed E-state index contributed by atoms with van der Waals surface area (Å²) < 4.78 is 5.86. The van der Waals surface area contributed by atoms with Crippen molar-refractivity contribution in [3.05, 3.63) is 58.4 Å². The van der Waals surface area contributed by atoms with Crippen LogP contribution in [0.3, 0.4) is 0 Å². The molecule has 1 aromatic carbocycles. The van der Waals surface area contributed by atoms with Crippen molar-refractivity contribution in [3.8, 4) is 11.3 Å². The zero-order valence-electron chi connectivity index (χ0n) is 15.5. The van der Waals surface area contributed by atoms with E-state index < -0.39 is 0 Å². The third-order valence-electron chi connectivity index (χ3n) is 4.55. The van der Waals surface area contributed by atoms with Crippen LogP contribution < -0.4 is 15.5 Å². The standard InChI is InChI=1S/C20H19Cl2N5OS/c21-14-5-3-13(4-6-14)16-8-7-15(28-16)12-23-20(29)26-19-24-17(22)11-18(25-19)27-9-1-2-10-27/h3-8,11H,1-2,9-10,12H2,(H2,23,24,25,26,29). The molecule has 4 rings (SSSR count). The van der Waals surface area contributed by atoms with Crippen LogP contribution in [0.1, 0.15) is 18.6 Å². The van der Waals surface area contributed by atoms with Gasteiger partial charge in [-0.25, -0.2) is 4.98 Å². The van der Waals surface area contributed by atoms with E-state index in [-0.39, 0.29) is 0 Å². The molecule has 29 heavy (non-hydrogen) atoms. The number of hydrogen-bond acceptors (Lipinski definition) is 5. The van der Waals surface area contributed by atoms with Crippen molar-refractivity contribution in [2.75, 3.05) is 23.3 Å². The number of furan rings is 1. The van der Waals surface area contributed by atoms with Crippen LogP contribution in [0.5, 0.6) is 0 Å². The van der Waals surface area contributed by atoms with Gasteiger partial charge in [0.2, 0.25) is 5.95 Å². The highest BCUT2D eigenvalue weighted by atomic mass is 35.5. The maximum atomic E-state index is 6.15. The van der Waals surface area contributed by atoms with E-state index in [2.05, 4.69) is 25.5 Å². The summed E-state index contributed by atoms with van der Waals surface area (Å²) in [6, 6.07) is 13.1. The number of benzene rings is 1. The summed E-state index contributed by atoms with van der Waals surface area (Å²) in [6.07, 6.45) is 2.32. The zero-order chi connectivity index (χ0) is 20.2. The lowest BCUT2D eigenvalue weighted by Gasteiger charge is -2.17. The number of nitrogens with zero attached hydrogens (tertiary/aromatic N) is 3. The second kappa shape index (κ2) is 8.98. The highest BCUT2D eigenvalue weighted by molar-refractivity contribution is 7.80. The number of rotatable bonds is 5. The van der Waals surface area contributed by atoms with Gasteiger partial charge in [-0.15, -0.1) is 0 Å². The van der Waals surface area contributed by atoms with Gasteiger partial charge in [0.05, 0.1) is 6.54 Å². The zero-order valence-corrected chi connectivity index (χ0v) is 17.8. The Morgan fingerprint density at radius 2 is 1.83 bits per heavy atom. The summed E-state index contributed by atoms with van der Waals surface area (Å²) in [6.45, 7) is 2.38. The van der Waals surface area contributed by atoms with E-state index >= 15 is 0 Å². The molecule has 0 bridgehead atoms. The Morgan fingerprint density at radius 1 is 1.07 bits per heavy atom. The smallest absolute Gasteiger partial charge is 0.232 e. The molecule has 9 heteroatoms. The fourth-order valence-electron chi connectivity index (χ4n) is 3.13. The number of anilines is 2. The van der Waals surface area contributed by atoms with Gasteiger partial charge in [0.1, 0.15) is 22.5 Å². The van der Waals surface area contributed by atoms with Gasteiger partial charge in [-0.1, -0.05) is 23.2 Å². The van der Waals surface area contributed by atoms with Crippen LogP contribution in [-0.2, 0) is 6.54 Å². The fourth-order valence-corrected chi connectivity index (χ4v) is 3.59. The Balaban J connectivity index is 1.35. The van der Waals surface area contributed by atoms with E-state index in [4.69, 9.17) is 39.8 Å². The van der Waals surface area contributed by atoms with Gasteiger partial charge < -0.3 is 20.0 Å². The molecule has 1 fully saturated rings. The fraction of sp³-hybridized carbons (Fsp3) is 0.250. The topological polar surface area (TPSA) is 66.2 Å². The largest absolute Gasteiger partial charge is 0.459 e. The number of thiocarbonyl (C=S) groups is 1. The van der Waals surface area contributed by atoms with Gasteiger partial charge >= 0.3 is 0 Å². The van der Waals surface area contributed by atoms with Crippen LogP contribution in [0.4, 0.5) is 11.8 Å². The van der Waals surface area contributed by atoms with Crippen molar-refractivity contribution in [1.82, 2.24) is 15.3 Å². The number of halogens is 2. The lowest BCUT2D eigenvalue weighted by atomic mass is 10.2. The summed E-state index contributed by atoms with van der Waals surface area (Å²) in [5.74, 6) is 2.71. The van der Waals surface area contributed by atoms with E-state index in [1.807, 2.05) is 36.4 Å². The molecule has 150 valence electrons. The molecule has 3 aromatic rings. The molecule has 0 spiro atoms. The molecule has 0 unspecified atom stereocenters. The number of aromatic nitrogens is 2. The van der Waals surface area contributed by atoms with Crippen LogP contribution in [-0.4, -0.2) is 28.2 Å². The van der Waals surface area contributed by atoms with Crippen LogP contribution >= 0.6 is 35.4 Å². The van der Waals surface area contributed by atoms with Crippen molar-refractivity contribution in [2.45, 2.75) is 19.4 Å². The Morgan fingerprint density at radius 3 is 2.59 bits per heavy atom. The highest BCUT2D eigenvalue weighted by Crippen LogP contribution is 2.24. The third-order valence-corrected chi connectivity index (χ3v) is 5.24. The molecule has 0 amide bonds.